The van der Waals surface area contributed by atoms with E-state index in [-0.39, 0.29) is 0 Å². The van der Waals surface area contributed by atoms with Crippen LogP contribution in [0.5, 0.6) is 6.01 Å². The van der Waals surface area contributed by atoms with Gasteiger partial charge in [-0.3, -0.25) is 0 Å². The number of para-hydroxylation sites is 1. The van der Waals surface area contributed by atoms with E-state index >= 15 is 0 Å². The zero-order valence-corrected chi connectivity index (χ0v) is 9.52. The quantitative estimate of drug-likeness (QED) is 0.698. The van der Waals surface area contributed by atoms with Crippen molar-refractivity contribution >= 4 is 10.9 Å². The molecule has 1 aromatic carbocycles. The highest BCUT2D eigenvalue weighted by Crippen LogP contribution is 2.13. The average molecular weight is 238 g/mol. The fourth-order valence-electron chi connectivity index (χ4n) is 1.57. The number of hydrogen-bond donors (Lipinski definition) is 0. The fourth-order valence-corrected chi connectivity index (χ4v) is 1.57. The first-order chi connectivity index (χ1) is 8.92. The largest absolute Gasteiger partial charge is 0.457 e. The number of nitrogens with zero attached hydrogens (tertiary/aromatic N) is 4. The normalized spacial score (nSPS) is 10.4. The average Bonchev–Trinajstić information content (AvgIpc) is 2.46. The second kappa shape index (κ2) is 4.75. The zero-order chi connectivity index (χ0) is 12.2. The SMILES string of the molecule is c1ccc2nc(OCc3ccncn3)ncc2c1. The molecule has 5 nitrogen and oxygen atoms in total. The first kappa shape index (κ1) is 10.6. The number of ether oxygens (including phenoxy) is 1. The molecule has 0 radical (unpaired) electrons. The molecule has 0 unspecified atom stereocenters. The van der Waals surface area contributed by atoms with Gasteiger partial charge >= 0.3 is 6.01 Å². The Hall–Kier alpha value is -2.56. The van der Waals surface area contributed by atoms with Gasteiger partial charge in [-0.2, -0.15) is 4.98 Å². The summed E-state index contributed by atoms with van der Waals surface area (Å²) in [5, 5.41) is 0.992. The van der Waals surface area contributed by atoms with Crippen LogP contribution in [0.25, 0.3) is 10.9 Å². The molecule has 3 rings (SSSR count). The molecule has 2 heterocycles. The Balaban J connectivity index is 1.79. The third-order valence-electron chi connectivity index (χ3n) is 2.46. The Morgan fingerprint density at radius 2 is 2.00 bits per heavy atom. The van der Waals surface area contributed by atoms with Crippen molar-refractivity contribution in [2.75, 3.05) is 0 Å². The van der Waals surface area contributed by atoms with Crippen LogP contribution in [0.4, 0.5) is 0 Å². The van der Waals surface area contributed by atoms with Crippen molar-refractivity contribution in [3.63, 3.8) is 0 Å². The summed E-state index contributed by atoms with van der Waals surface area (Å²) in [6, 6.07) is 9.92. The highest BCUT2D eigenvalue weighted by molar-refractivity contribution is 5.77. The van der Waals surface area contributed by atoms with E-state index in [1.807, 2.05) is 24.3 Å². The molecule has 5 heteroatoms. The second-order valence-corrected chi connectivity index (χ2v) is 3.70. The van der Waals surface area contributed by atoms with Crippen LogP contribution in [-0.2, 0) is 6.61 Å². The lowest BCUT2D eigenvalue weighted by molar-refractivity contribution is 0.277. The van der Waals surface area contributed by atoms with Crippen LogP contribution in [0.15, 0.2) is 49.1 Å². The van der Waals surface area contributed by atoms with E-state index in [0.29, 0.717) is 12.6 Å². The lowest BCUT2D eigenvalue weighted by Gasteiger charge is -2.04. The van der Waals surface area contributed by atoms with E-state index in [9.17, 15) is 0 Å². The Bertz CT molecular complexity index is 657. The summed E-state index contributed by atoms with van der Waals surface area (Å²) < 4.78 is 5.49. The van der Waals surface area contributed by atoms with Gasteiger partial charge in [-0.05, 0) is 12.1 Å². The number of benzene rings is 1. The highest BCUT2D eigenvalue weighted by Gasteiger charge is 2.01. The molecule has 3 aromatic rings. The number of fused-ring (bicyclic) bond motifs is 1. The molecule has 0 aliphatic carbocycles. The molecule has 2 aromatic heterocycles. The Morgan fingerprint density at radius 1 is 1.06 bits per heavy atom. The summed E-state index contributed by atoms with van der Waals surface area (Å²) in [4.78, 5) is 16.4. The van der Waals surface area contributed by atoms with Crippen molar-refractivity contribution in [1.29, 1.82) is 0 Å². The summed E-state index contributed by atoms with van der Waals surface area (Å²) in [5.74, 6) is 0. The van der Waals surface area contributed by atoms with Gasteiger partial charge in [0.25, 0.3) is 0 Å². The van der Waals surface area contributed by atoms with Crippen molar-refractivity contribution in [2.45, 2.75) is 6.61 Å². The monoisotopic (exact) mass is 238 g/mol. The maximum atomic E-state index is 5.49. The number of aromatic nitrogens is 4. The summed E-state index contributed by atoms with van der Waals surface area (Å²) >= 11 is 0. The standard InChI is InChI=1S/C13H10N4O/c1-2-4-12-10(3-1)7-15-13(17-12)18-8-11-5-6-14-9-16-11/h1-7,9H,8H2. The van der Waals surface area contributed by atoms with Crippen molar-refractivity contribution < 1.29 is 4.74 Å². The van der Waals surface area contributed by atoms with Gasteiger partial charge in [-0.1, -0.05) is 18.2 Å². The van der Waals surface area contributed by atoms with Crippen LogP contribution in [0, 0.1) is 0 Å². The van der Waals surface area contributed by atoms with Crippen molar-refractivity contribution in [1.82, 2.24) is 19.9 Å². The second-order valence-electron chi connectivity index (χ2n) is 3.70. The minimum atomic E-state index is 0.334. The minimum Gasteiger partial charge on any atom is -0.457 e. The van der Waals surface area contributed by atoms with Gasteiger partial charge in [0.15, 0.2) is 0 Å². The summed E-state index contributed by atoms with van der Waals surface area (Å²) in [6.45, 7) is 0.334. The lowest BCUT2D eigenvalue weighted by Crippen LogP contribution is -2.01. The van der Waals surface area contributed by atoms with E-state index in [0.717, 1.165) is 16.6 Å². The van der Waals surface area contributed by atoms with Crippen LogP contribution < -0.4 is 4.74 Å². The molecule has 18 heavy (non-hydrogen) atoms. The number of rotatable bonds is 3. The van der Waals surface area contributed by atoms with Crippen LogP contribution in [0.1, 0.15) is 5.69 Å². The minimum absolute atomic E-state index is 0.334. The zero-order valence-electron chi connectivity index (χ0n) is 9.52. The van der Waals surface area contributed by atoms with Crippen LogP contribution in [0.3, 0.4) is 0 Å². The van der Waals surface area contributed by atoms with Crippen LogP contribution in [0.2, 0.25) is 0 Å². The Morgan fingerprint density at radius 3 is 2.89 bits per heavy atom. The van der Waals surface area contributed by atoms with Gasteiger partial charge in [0.1, 0.15) is 12.9 Å². The third-order valence-corrected chi connectivity index (χ3v) is 2.46. The van der Waals surface area contributed by atoms with Gasteiger partial charge < -0.3 is 4.74 Å². The van der Waals surface area contributed by atoms with Crippen molar-refractivity contribution in [2.24, 2.45) is 0 Å². The maximum absolute atomic E-state index is 5.49. The third kappa shape index (κ3) is 2.24. The molecule has 0 N–H and O–H groups in total. The molecule has 0 bridgehead atoms. The van der Waals surface area contributed by atoms with E-state index < -0.39 is 0 Å². The molecular weight excluding hydrogens is 228 g/mol. The Kier molecular flexibility index (Phi) is 2.79. The van der Waals surface area contributed by atoms with E-state index in [1.54, 1.807) is 18.5 Å². The molecule has 0 aliphatic rings. The van der Waals surface area contributed by atoms with Gasteiger partial charge in [0.05, 0.1) is 11.2 Å². The fraction of sp³-hybridized carbons (Fsp3) is 0.0769. The summed E-state index contributed by atoms with van der Waals surface area (Å²) in [7, 11) is 0. The molecule has 0 fully saturated rings. The first-order valence-electron chi connectivity index (χ1n) is 5.51. The molecule has 0 spiro atoms. The highest BCUT2D eigenvalue weighted by atomic mass is 16.5. The lowest BCUT2D eigenvalue weighted by atomic mass is 10.2. The topological polar surface area (TPSA) is 60.8 Å². The van der Waals surface area contributed by atoms with Gasteiger partial charge in [0, 0.05) is 17.8 Å². The molecular formula is C13H10N4O. The van der Waals surface area contributed by atoms with E-state index in [4.69, 9.17) is 4.74 Å². The van der Waals surface area contributed by atoms with Gasteiger partial charge in [-0.25, -0.2) is 15.0 Å². The molecule has 88 valence electrons. The van der Waals surface area contributed by atoms with Crippen molar-refractivity contribution in [3.8, 4) is 6.01 Å². The first-order valence-corrected chi connectivity index (χ1v) is 5.51. The van der Waals surface area contributed by atoms with Crippen molar-refractivity contribution in [3.05, 3.63) is 54.7 Å². The van der Waals surface area contributed by atoms with E-state index in [2.05, 4.69) is 19.9 Å². The van der Waals surface area contributed by atoms with Gasteiger partial charge in [0.2, 0.25) is 0 Å². The van der Waals surface area contributed by atoms with Gasteiger partial charge in [-0.15, -0.1) is 0 Å². The maximum Gasteiger partial charge on any atom is 0.317 e. The molecule has 0 aliphatic heterocycles. The van der Waals surface area contributed by atoms with Crippen LogP contribution >= 0.6 is 0 Å². The molecule has 0 saturated carbocycles. The number of hydrogen-bond acceptors (Lipinski definition) is 5. The molecule has 0 amide bonds. The summed E-state index contributed by atoms with van der Waals surface area (Å²) in [6.07, 6.45) is 4.91. The van der Waals surface area contributed by atoms with Crippen LogP contribution in [-0.4, -0.2) is 19.9 Å². The smallest absolute Gasteiger partial charge is 0.317 e. The Labute approximate surface area is 104 Å². The summed E-state index contributed by atoms with van der Waals surface area (Å²) in [5.41, 5.74) is 1.66. The van der Waals surface area contributed by atoms with E-state index in [1.165, 1.54) is 6.33 Å². The molecule has 0 atom stereocenters. The molecule has 0 saturated heterocycles. The predicted molar refractivity (Wildman–Crippen MR) is 65.9 cm³/mol. The predicted octanol–water partition coefficient (Wildman–Crippen LogP) is 2.00.